The Bertz CT molecular complexity index is 3670. The van der Waals surface area contributed by atoms with Crippen LogP contribution in [0.4, 0.5) is 0 Å². The summed E-state index contributed by atoms with van der Waals surface area (Å²) in [6.45, 7) is 0. The highest BCUT2D eigenvalue weighted by Crippen LogP contribution is 2.51. The number of furan rings is 1. The van der Waals surface area contributed by atoms with Crippen molar-refractivity contribution in [2.24, 2.45) is 0 Å². The van der Waals surface area contributed by atoms with E-state index in [2.05, 4.69) is 0 Å². The maximum absolute atomic E-state index is 9.56. The Morgan fingerprint density at radius 2 is 0.894 bits per heavy atom. The summed E-state index contributed by atoms with van der Waals surface area (Å²) in [5.41, 5.74) is -2.92. The molecule has 8 aromatic carbocycles. The van der Waals surface area contributed by atoms with E-state index in [1.54, 1.807) is 30.3 Å². The molecule has 9 rings (SSSR count). The molecule has 9 aromatic rings. The summed E-state index contributed by atoms with van der Waals surface area (Å²) >= 11 is 0. The Morgan fingerprint density at radius 1 is 0.362 bits per heavy atom. The average molecular weight is 621 g/mol. The Balaban J connectivity index is 1.62. The van der Waals surface area contributed by atoms with Crippen molar-refractivity contribution in [3.63, 3.8) is 0 Å². The van der Waals surface area contributed by atoms with E-state index in [-0.39, 0.29) is 65.9 Å². The van der Waals surface area contributed by atoms with Gasteiger partial charge in [-0.3, -0.25) is 0 Å². The molecule has 1 aromatic heterocycles. The molecule has 0 N–H and O–H groups in total. The molecule has 0 saturated carbocycles. The summed E-state index contributed by atoms with van der Waals surface area (Å²) in [6, 6.07) is -4.70. The summed E-state index contributed by atoms with van der Waals surface area (Å²) < 4.78 is 202. The molecule has 47 heavy (non-hydrogen) atoms. The zero-order valence-electron chi connectivity index (χ0n) is 46.0. The molecule has 0 saturated heterocycles. The van der Waals surface area contributed by atoms with E-state index in [4.69, 9.17) is 26.3 Å². The van der Waals surface area contributed by atoms with Gasteiger partial charge in [0.2, 0.25) is 0 Å². The van der Waals surface area contributed by atoms with Gasteiger partial charge in [0.15, 0.2) is 0 Å². The van der Waals surface area contributed by atoms with Crippen LogP contribution in [0.25, 0.3) is 88.3 Å². The number of hydrogen-bond donors (Lipinski definition) is 0. The molecule has 0 amide bonds. The van der Waals surface area contributed by atoms with Crippen LogP contribution in [0.1, 0.15) is 30.2 Å². The largest absolute Gasteiger partial charge is 0.455 e. The van der Waals surface area contributed by atoms with Crippen LogP contribution in [0.15, 0.2) is 186 Å². The van der Waals surface area contributed by atoms with E-state index in [0.29, 0.717) is 0 Å². The van der Waals surface area contributed by atoms with Crippen LogP contribution in [-0.2, 0) is 0 Å². The molecule has 0 atom stereocenters. The minimum atomic E-state index is -0.895. The lowest BCUT2D eigenvalue weighted by atomic mass is 9.84. The lowest BCUT2D eigenvalue weighted by Crippen LogP contribution is -1.92. The highest BCUT2D eigenvalue weighted by Gasteiger charge is 2.25. The fraction of sp³-hybridized carbons (Fsp3) is 0. The zero-order chi connectivity index (χ0) is 50.3. The second-order valence-electron chi connectivity index (χ2n) is 10.4. The van der Waals surface area contributed by atoms with Crippen LogP contribution in [0.5, 0.6) is 0 Å². The van der Waals surface area contributed by atoms with Crippen LogP contribution in [-0.4, -0.2) is 0 Å². The normalized spacial score (nSPS) is 18.0. The molecule has 0 fully saturated rings. The summed E-state index contributed by atoms with van der Waals surface area (Å²) in [5.74, 6) is -0.591. The van der Waals surface area contributed by atoms with Gasteiger partial charge >= 0.3 is 0 Å². The molecule has 220 valence electrons. The molecule has 1 heteroatoms. The first-order chi connectivity index (χ1) is 32.5. The molecule has 0 aliphatic rings. The number of rotatable bonds is 5. The highest BCUT2D eigenvalue weighted by molar-refractivity contribution is 6.25. The van der Waals surface area contributed by atoms with Crippen LogP contribution >= 0.6 is 0 Å². The van der Waals surface area contributed by atoms with E-state index < -0.39 is 155 Å². The zero-order valence-corrected chi connectivity index (χ0v) is 24.0. The van der Waals surface area contributed by atoms with Gasteiger partial charge in [-0.1, -0.05) is 169 Å². The first-order valence-electron chi connectivity index (χ1n) is 25.3. The molecule has 0 unspecified atom stereocenters. The van der Waals surface area contributed by atoms with Crippen molar-refractivity contribution in [3.8, 4) is 55.8 Å². The Morgan fingerprint density at radius 3 is 1.53 bits per heavy atom. The van der Waals surface area contributed by atoms with Crippen molar-refractivity contribution in [1.29, 1.82) is 0 Å². The van der Waals surface area contributed by atoms with Crippen molar-refractivity contribution < 1.29 is 34.6 Å². The van der Waals surface area contributed by atoms with Gasteiger partial charge < -0.3 is 4.42 Å². The molecule has 0 radical (unpaired) electrons. The second-order valence-corrected chi connectivity index (χ2v) is 10.4. The van der Waals surface area contributed by atoms with Crippen LogP contribution in [0.3, 0.4) is 0 Å². The van der Waals surface area contributed by atoms with Crippen LogP contribution in [0.2, 0.25) is 0 Å². The van der Waals surface area contributed by atoms with Gasteiger partial charge in [0.05, 0.1) is 30.2 Å². The Labute approximate surface area is 304 Å². The van der Waals surface area contributed by atoms with Crippen LogP contribution in [0, 0.1) is 0 Å². The standard InChI is InChI=1S/C46H30O/c1-4-16-31(17-5-1)34-28-29-41-42(30-34)47-46(40-27-15-10-22-35(40)32-18-6-2-7-19-32)45(41)44-38-25-13-11-23-36(38)43(33-20-8-3-9-21-33)37-24-12-14-26-39(37)44/h1-30H/i1D,2D,4D,5D,6D,7D,10D,11D,12D,13D,14D,15D,16D,17D,18D,19D,22D,23D,24D,25D,26D,27D. The predicted molar refractivity (Wildman–Crippen MR) is 198 cm³/mol. The van der Waals surface area contributed by atoms with E-state index >= 15 is 0 Å². The van der Waals surface area contributed by atoms with Gasteiger partial charge in [0.25, 0.3) is 0 Å². The third kappa shape index (κ3) is 4.56. The van der Waals surface area contributed by atoms with Gasteiger partial charge in [0, 0.05) is 22.1 Å². The average Bonchev–Trinajstić information content (AvgIpc) is 3.71. The Hall–Kier alpha value is -6.18. The van der Waals surface area contributed by atoms with Crippen molar-refractivity contribution in [1.82, 2.24) is 0 Å². The van der Waals surface area contributed by atoms with E-state index in [1.807, 2.05) is 0 Å². The fourth-order valence-corrected chi connectivity index (χ4v) is 5.88. The molecule has 0 spiro atoms. The third-order valence-corrected chi connectivity index (χ3v) is 7.83. The second kappa shape index (κ2) is 11.3. The first kappa shape index (κ1) is 12.9. The van der Waals surface area contributed by atoms with Crippen molar-refractivity contribution in [2.45, 2.75) is 0 Å². The molecule has 0 aliphatic carbocycles. The number of fused-ring (bicyclic) bond motifs is 3. The van der Waals surface area contributed by atoms with E-state index in [0.717, 1.165) is 0 Å². The van der Waals surface area contributed by atoms with E-state index in [9.17, 15) is 8.22 Å². The predicted octanol–water partition coefficient (Wildman–Crippen LogP) is 13.1. The van der Waals surface area contributed by atoms with Gasteiger partial charge in [0.1, 0.15) is 11.3 Å². The SMILES string of the molecule is [2H]c1c([2H])c([2H])c(-c2ccc3c(-c4c5c([2H])c([2H])c([2H])c([2H])c5c(-c5ccccc5)c5c([2H])c([2H])c([2H])c([2H])c45)c(-c4c([2H])c([2H])c([2H])c([2H])c4-c4c([2H])c([2H])c([2H])c([2H])c4[2H])oc3c2)c([2H])c1[2H]. The third-order valence-electron chi connectivity index (χ3n) is 7.83. The van der Waals surface area contributed by atoms with Crippen LogP contribution < -0.4 is 0 Å². The first-order valence-corrected chi connectivity index (χ1v) is 14.3. The quantitative estimate of drug-likeness (QED) is 0.174. The number of benzene rings is 8. The topological polar surface area (TPSA) is 13.1 Å². The minimum absolute atomic E-state index is 0.0115. The Kier molecular flexibility index (Phi) is 3.11. The summed E-state index contributed by atoms with van der Waals surface area (Å²) in [4.78, 5) is 0. The summed E-state index contributed by atoms with van der Waals surface area (Å²) in [5, 5.41) is -1.17. The van der Waals surface area contributed by atoms with Gasteiger partial charge in [-0.05, 0) is 67.1 Å². The molecule has 1 nitrogen and oxygen atoms in total. The number of hydrogen-bond acceptors (Lipinski definition) is 1. The fourth-order valence-electron chi connectivity index (χ4n) is 5.88. The van der Waals surface area contributed by atoms with Gasteiger partial charge in [-0.25, -0.2) is 0 Å². The van der Waals surface area contributed by atoms with Crippen molar-refractivity contribution in [3.05, 3.63) is 181 Å². The van der Waals surface area contributed by atoms with E-state index in [1.165, 1.54) is 18.2 Å². The monoisotopic (exact) mass is 620 g/mol. The molecule has 1 heterocycles. The van der Waals surface area contributed by atoms with Gasteiger partial charge in [-0.2, -0.15) is 0 Å². The summed E-state index contributed by atoms with van der Waals surface area (Å²) in [6.07, 6.45) is 0. The summed E-state index contributed by atoms with van der Waals surface area (Å²) in [7, 11) is 0. The lowest BCUT2D eigenvalue weighted by molar-refractivity contribution is 0.633. The maximum atomic E-state index is 9.56. The minimum Gasteiger partial charge on any atom is -0.455 e. The molecular weight excluding hydrogens is 569 g/mol. The van der Waals surface area contributed by atoms with Crippen molar-refractivity contribution >= 4 is 32.5 Å². The molecular formula is C46H30O. The lowest BCUT2D eigenvalue weighted by Gasteiger charge is -2.18. The highest BCUT2D eigenvalue weighted by atomic mass is 16.3. The molecule has 0 bridgehead atoms. The van der Waals surface area contributed by atoms with Gasteiger partial charge in [-0.15, -0.1) is 0 Å². The maximum Gasteiger partial charge on any atom is 0.143 e. The van der Waals surface area contributed by atoms with Crippen molar-refractivity contribution in [2.75, 3.05) is 0 Å². The molecule has 0 aliphatic heterocycles. The smallest absolute Gasteiger partial charge is 0.143 e.